The summed E-state index contributed by atoms with van der Waals surface area (Å²) in [6, 6.07) is 20.7. The van der Waals surface area contributed by atoms with E-state index in [4.69, 9.17) is 0 Å². The minimum absolute atomic E-state index is 0.0617. The highest BCUT2D eigenvalue weighted by molar-refractivity contribution is 5.94. The summed E-state index contributed by atoms with van der Waals surface area (Å²) in [5, 5.41) is 4.39. The molecular weight excluding hydrogens is 326 g/mol. The minimum atomic E-state index is -0.275. The van der Waals surface area contributed by atoms with E-state index in [0.717, 1.165) is 24.1 Å². The fraction of sp³-hybridized carbons (Fsp3) is 0.190. The average molecular weight is 345 g/mol. The van der Waals surface area contributed by atoms with Crippen molar-refractivity contribution in [3.63, 3.8) is 0 Å². The third kappa shape index (κ3) is 3.16. The van der Waals surface area contributed by atoms with Crippen LogP contribution in [0.15, 0.2) is 71.5 Å². The zero-order valence-electron chi connectivity index (χ0n) is 14.3. The summed E-state index contributed by atoms with van der Waals surface area (Å²) in [5.41, 5.74) is 3.43. The lowest BCUT2D eigenvalue weighted by atomic mass is 10.0. The molecule has 0 bridgehead atoms. The number of hydrogen-bond donors (Lipinski definition) is 0. The summed E-state index contributed by atoms with van der Waals surface area (Å²) >= 11 is 0. The van der Waals surface area contributed by atoms with Gasteiger partial charge in [0.05, 0.1) is 5.69 Å². The normalized spacial score (nSPS) is 13.3. The molecule has 130 valence electrons. The number of aryl methyl sites for hydroxylation is 1. The first-order chi connectivity index (χ1) is 12.7. The molecule has 1 aliphatic rings. The zero-order chi connectivity index (χ0) is 17.9. The summed E-state index contributed by atoms with van der Waals surface area (Å²) in [4.78, 5) is 26.8. The van der Waals surface area contributed by atoms with Crippen molar-refractivity contribution in [3.05, 3.63) is 82.6 Å². The van der Waals surface area contributed by atoms with Crippen LogP contribution in [0.25, 0.3) is 11.3 Å². The highest BCUT2D eigenvalue weighted by Crippen LogP contribution is 2.26. The Kier molecular flexibility index (Phi) is 4.35. The maximum absolute atomic E-state index is 12.9. The number of para-hydroxylation sites is 1. The van der Waals surface area contributed by atoms with Gasteiger partial charge in [0.1, 0.15) is 6.54 Å². The van der Waals surface area contributed by atoms with Crippen molar-refractivity contribution >= 4 is 11.6 Å². The highest BCUT2D eigenvalue weighted by Gasteiger charge is 2.22. The molecule has 5 nitrogen and oxygen atoms in total. The molecular formula is C21H19N3O2. The maximum Gasteiger partial charge on any atom is 0.267 e. The molecule has 0 spiro atoms. The number of rotatable bonds is 3. The fourth-order valence-corrected chi connectivity index (χ4v) is 3.33. The maximum atomic E-state index is 12.9. The van der Waals surface area contributed by atoms with Gasteiger partial charge in [-0.15, -0.1) is 0 Å². The second-order valence-corrected chi connectivity index (χ2v) is 6.36. The second kappa shape index (κ2) is 6.96. The summed E-state index contributed by atoms with van der Waals surface area (Å²) in [5.74, 6) is -0.114. The first kappa shape index (κ1) is 16.3. The van der Waals surface area contributed by atoms with Crippen LogP contribution in [0, 0.1) is 0 Å². The number of aromatic nitrogens is 2. The van der Waals surface area contributed by atoms with Gasteiger partial charge in [0.2, 0.25) is 5.91 Å². The van der Waals surface area contributed by atoms with Gasteiger partial charge in [-0.3, -0.25) is 9.59 Å². The number of carbonyl (C=O) groups is 1. The van der Waals surface area contributed by atoms with E-state index in [9.17, 15) is 9.59 Å². The van der Waals surface area contributed by atoms with Crippen molar-refractivity contribution < 1.29 is 4.79 Å². The number of nitrogens with zero attached hydrogens (tertiary/aromatic N) is 3. The number of anilines is 1. The van der Waals surface area contributed by atoms with Crippen LogP contribution in [-0.2, 0) is 17.8 Å². The zero-order valence-corrected chi connectivity index (χ0v) is 14.3. The van der Waals surface area contributed by atoms with Crippen LogP contribution in [-0.4, -0.2) is 22.2 Å². The van der Waals surface area contributed by atoms with Crippen LogP contribution in [0.3, 0.4) is 0 Å². The molecule has 4 rings (SSSR count). The molecule has 2 aromatic carbocycles. The van der Waals surface area contributed by atoms with Crippen molar-refractivity contribution in [2.75, 3.05) is 11.4 Å². The third-order valence-corrected chi connectivity index (χ3v) is 4.63. The van der Waals surface area contributed by atoms with E-state index in [-0.39, 0.29) is 18.0 Å². The molecule has 1 aromatic heterocycles. The second-order valence-electron chi connectivity index (χ2n) is 6.36. The molecule has 0 saturated heterocycles. The fourth-order valence-electron chi connectivity index (χ4n) is 3.33. The van der Waals surface area contributed by atoms with Crippen LogP contribution in [0.5, 0.6) is 0 Å². The van der Waals surface area contributed by atoms with E-state index >= 15 is 0 Å². The van der Waals surface area contributed by atoms with Gasteiger partial charge in [0, 0.05) is 23.9 Å². The Hall–Kier alpha value is -3.21. The Morgan fingerprint density at radius 2 is 1.73 bits per heavy atom. The quantitative estimate of drug-likeness (QED) is 0.733. The first-order valence-corrected chi connectivity index (χ1v) is 8.74. The molecule has 3 aromatic rings. The van der Waals surface area contributed by atoms with E-state index < -0.39 is 0 Å². The molecule has 1 amide bonds. The van der Waals surface area contributed by atoms with E-state index in [1.54, 1.807) is 11.0 Å². The molecule has 1 aliphatic heterocycles. The van der Waals surface area contributed by atoms with Gasteiger partial charge in [-0.05, 0) is 30.5 Å². The van der Waals surface area contributed by atoms with Crippen molar-refractivity contribution in [1.29, 1.82) is 0 Å². The van der Waals surface area contributed by atoms with Gasteiger partial charge >= 0.3 is 0 Å². The number of fused-ring (bicyclic) bond motifs is 1. The summed E-state index contributed by atoms with van der Waals surface area (Å²) in [7, 11) is 0. The monoisotopic (exact) mass is 345 g/mol. The molecule has 0 atom stereocenters. The third-order valence-electron chi connectivity index (χ3n) is 4.63. The smallest absolute Gasteiger partial charge is 0.267 e. The van der Waals surface area contributed by atoms with Gasteiger partial charge in [-0.2, -0.15) is 5.10 Å². The largest absolute Gasteiger partial charge is 0.311 e. The predicted molar refractivity (Wildman–Crippen MR) is 101 cm³/mol. The van der Waals surface area contributed by atoms with Crippen molar-refractivity contribution in [2.45, 2.75) is 19.4 Å². The number of amides is 1. The summed E-state index contributed by atoms with van der Waals surface area (Å²) in [6.45, 7) is 0.608. The number of benzene rings is 2. The van der Waals surface area contributed by atoms with Crippen LogP contribution in [0.4, 0.5) is 5.69 Å². The predicted octanol–water partition coefficient (Wildman–Crippen LogP) is 2.89. The van der Waals surface area contributed by atoms with Gasteiger partial charge in [0.25, 0.3) is 5.56 Å². The molecule has 26 heavy (non-hydrogen) atoms. The topological polar surface area (TPSA) is 55.2 Å². The van der Waals surface area contributed by atoms with Crippen LogP contribution >= 0.6 is 0 Å². The van der Waals surface area contributed by atoms with Gasteiger partial charge < -0.3 is 4.90 Å². The lowest BCUT2D eigenvalue weighted by Crippen LogP contribution is -2.40. The van der Waals surface area contributed by atoms with Crippen molar-refractivity contribution in [2.24, 2.45) is 0 Å². The van der Waals surface area contributed by atoms with Crippen LogP contribution < -0.4 is 10.5 Å². The van der Waals surface area contributed by atoms with Gasteiger partial charge in [-0.1, -0.05) is 48.5 Å². The number of hydrogen-bond acceptors (Lipinski definition) is 3. The number of carbonyl (C=O) groups excluding carboxylic acids is 1. The van der Waals surface area contributed by atoms with Gasteiger partial charge in [0.15, 0.2) is 0 Å². The summed E-state index contributed by atoms with van der Waals surface area (Å²) in [6.07, 6.45) is 1.90. The van der Waals surface area contributed by atoms with Crippen LogP contribution in [0.1, 0.15) is 12.0 Å². The molecule has 0 aliphatic carbocycles. The molecule has 0 fully saturated rings. The van der Waals surface area contributed by atoms with Gasteiger partial charge in [-0.25, -0.2) is 4.68 Å². The molecule has 0 N–H and O–H groups in total. The SMILES string of the molecule is O=C(Cn1nc(-c2ccccc2)ccc1=O)N1CCCc2ccccc21. The Morgan fingerprint density at radius 3 is 2.58 bits per heavy atom. The Bertz CT molecular complexity index is 995. The standard InChI is InChI=1S/C21H19N3O2/c25-20-13-12-18(16-7-2-1-3-8-16)22-24(20)15-21(26)23-14-6-10-17-9-4-5-11-19(17)23/h1-5,7-9,11-13H,6,10,14-15H2. The highest BCUT2D eigenvalue weighted by atomic mass is 16.2. The summed E-state index contributed by atoms with van der Waals surface area (Å²) < 4.78 is 1.25. The Labute approximate surface area is 151 Å². The first-order valence-electron chi connectivity index (χ1n) is 8.74. The van der Waals surface area contributed by atoms with E-state index in [1.807, 2.05) is 48.5 Å². The van der Waals surface area contributed by atoms with E-state index in [1.165, 1.54) is 16.3 Å². The molecule has 0 saturated carbocycles. The Balaban J connectivity index is 1.62. The van der Waals surface area contributed by atoms with Crippen LogP contribution in [0.2, 0.25) is 0 Å². The molecule has 0 radical (unpaired) electrons. The molecule has 2 heterocycles. The van der Waals surface area contributed by atoms with Crippen molar-refractivity contribution in [1.82, 2.24) is 9.78 Å². The minimum Gasteiger partial charge on any atom is -0.311 e. The average Bonchev–Trinajstić information content (AvgIpc) is 2.70. The molecule has 5 heteroatoms. The Morgan fingerprint density at radius 1 is 0.962 bits per heavy atom. The lowest BCUT2D eigenvalue weighted by Gasteiger charge is -2.29. The van der Waals surface area contributed by atoms with E-state index in [0.29, 0.717) is 12.2 Å². The van der Waals surface area contributed by atoms with E-state index in [2.05, 4.69) is 11.2 Å². The lowest BCUT2D eigenvalue weighted by molar-refractivity contribution is -0.119. The molecule has 0 unspecified atom stereocenters. The van der Waals surface area contributed by atoms with Crippen molar-refractivity contribution in [3.8, 4) is 11.3 Å².